The molecule has 0 aliphatic carbocycles. The third kappa shape index (κ3) is 6.38. The van der Waals surface area contributed by atoms with Gasteiger partial charge in [-0.15, -0.1) is 0 Å². The predicted molar refractivity (Wildman–Crippen MR) is 143 cm³/mol. The van der Waals surface area contributed by atoms with Crippen LogP contribution in [0.1, 0.15) is 62.0 Å². The lowest BCUT2D eigenvalue weighted by molar-refractivity contribution is -0.167. The summed E-state index contributed by atoms with van der Waals surface area (Å²) in [6, 6.07) is 22.5. The highest BCUT2D eigenvalue weighted by Gasteiger charge is 2.45. The number of fused-ring (bicyclic) bond motifs is 1. The van der Waals surface area contributed by atoms with E-state index in [9.17, 15) is 0 Å². The van der Waals surface area contributed by atoms with Gasteiger partial charge in [0.15, 0.2) is 0 Å². The van der Waals surface area contributed by atoms with E-state index in [2.05, 4.69) is 69.4 Å². The summed E-state index contributed by atoms with van der Waals surface area (Å²) < 4.78 is 19.4. The fourth-order valence-corrected chi connectivity index (χ4v) is 4.69. The van der Waals surface area contributed by atoms with E-state index in [1.807, 2.05) is 30.3 Å². The van der Waals surface area contributed by atoms with Crippen molar-refractivity contribution in [2.75, 3.05) is 11.9 Å². The highest BCUT2D eigenvalue weighted by atomic mass is 35.5. The first-order valence-corrected chi connectivity index (χ1v) is 12.8. The Morgan fingerprint density at radius 2 is 1.83 bits per heavy atom. The Bertz CT molecular complexity index is 1130. The summed E-state index contributed by atoms with van der Waals surface area (Å²) in [5.41, 5.74) is 5.08. The minimum Gasteiger partial charge on any atom is -0.485 e. The molecule has 35 heavy (non-hydrogen) atoms. The van der Waals surface area contributed by atoms with E-state index in [4.69, 9.17) is 25.8 Å². The highest BCUT2D eigenvalue weighted by molar-refractivity contribution is 6.30. The molecule has 4 nitrogen and oxygen atoms in total. The Labute approximate surface area is 214 Å². The fraction of sp³-hybridized carbons (Fsp3) is 0.400. The van der Waals surface area contributed by atoms with Gasteiger partial charge < -0.3 is 19.5 Å². The van der Waals surface area contributed by atoms with Crippen molar-refractivity contribution in [2.45, 2.75) is 71.5 Å². The summed E-state index contributed by atoms with van der Waals surface area (Å²) in [7, 11) is 0. The Hall–Kier alpha value is -2.53. The van der Waals surface area contributed by atoms with Crippen LogP contribution in [0.15, 0.2) is 66.7 Å². The van der Waals surface area contributed by atoms with E-state index >= 15 is 0 Å². The lowest BCUT2D eigenvalue weighted by atomic mass is 9.87. The molecule has 0 amide bonds. The number of ether oxygens (including phenoxy) is 3. The molecule has 0 saturated carbocycles. The van der Waals surface area contributed by atoms with Crippen LogP contribution in [-0.4, -0.2) is 18.3 Å². The first-order valence-electron chi connectivity index (χ1n) is 12.5. The average Bonchev–Trinajstić information content (AvgIpc) is 2.83. The second-order valence-corrected chi connectivity index (χ2v) is 10.2. The maximum atomic E-state index is 6.50. The number of rotatable bonds is 10. The van der Waals surface area contributed by atoms with Crippen LogP contribution in [0.3, 0.4) is 0 Å². The van der Waals surface area contributed by atoms with Crippen molar-refractivity contribution in [3.8, 4) is 5.75 Å². The molecule has 0 bridgehead atoms. The molecule has 1 heterocycles. The van der Waals surface area contributed by atoms with Crippen LogP contribution >= 0.6 is 11.6 Å². The molecular formula is C30H36ClNO3. The number of hydrogen-bond donors (Lipinski definition) is 1. The second-order valence-electron chi connectivity index (χ2n) is 9.74. The summed E-state index contributed by atoms with van der Waals surface area (Å²) >= 11 is 6.19. The van der Waals surface area contributed by atoms with E-state index in [0.29, 0.717) is 18.2 Å². The molecule has 0 spiro atoms. The number of anilines is 1. The van der Waals surface area contributed by atoms with Gasteiger partial charge in [0.1, 0.15) is 23.6 Å². The van der Waals surface area contributed by atoms with Crippen LogP contribution < -0.4 is 10.1 Å². The normalized spacial score (nSPS) is 18.5. The number of hydrogen-bond acceptors (Lipinski definition) is 4. The molecule has 0 saturated heterocycles. The van der Waals surface area contributed by atoms with Gasteiger partial charge in [0.05, 0.1) is 6.61 Å². The third-order valence-electron chi connectivity index (χ3n) is 6.51. The molecule has 1 aliphatic rings. The van der Waals surface area contributed by atoms with Gasteiger partial charge in [0, 0.05) is 29.4 Å². The third-order valence-corrected chi connectivity index (χ3v) is 6.74. The largest absolute Gasteiger partial charge is 0.485 e. The van der Waals surface area contributed by atoms with E-state index < -0.39 is 5.60 Å². The molecular weight excluding hydrogens is 458 g/mol. The summed E-state index contributed by atoms with van der Waals surface area (Å²) in [5.74, 6) is 0.848. The zero-order chi connectivity index (χ0) is 24.8. The smallest absolute Gasteiger partial charge is 0.132 e. The van der Waals surface area contributed by atoms with Crippen LogP contribution in [-0.2, 0) is 22.6 Å². The number of aryl methyl sites for hydroxylation is 1. The van der Waals surface area contributed by atoms with Crippen molar-refractivity contribution < 1.29 is 14.2 Å². The van der Waals surface area contributed by atoms with Crippen molar-refractivity contribution in [1.29, 1.82) is 0 Å². The fourth-order valence-electron chi connectivity index (χ4n) is 4.48. The molecule has 0 aromatic heterocycles. The van der Waals surface area contributed by atoms with E-state index in [1.54, 1.807) is 0 Å². The van der Waals surface area contributed by atoms with E-state index in [0.717, 1.165) is 42.0 Å². The van der Waals surface area contributed by atoms with E-state index in [-0.39, 0.29) is 12.2 Å². The summed E-state index contributed by atoms with van der Waals surface area (Å²) in [6.07, 6.45) is 1.56. The lowest BCUT2D eigenvalue weighted by Gasteiger charge is -2.44. The Morgan fingerprint density at radius 3 is 2.60 bits per heavy atom. The van der Waals surface area contributed by atoms with Gasteiger partial charge in [-0.25, -0.2) is 0 Å². The maximum absolute atomic E-state index is 6.50. The van der Waals surface area contributed by atoms with Gasteiger partial charge >= 0.3 is 0 Å². The van der Waals surface area contributed by atoms with Gasteiger partial charge in [-0.1, -0.05) is 61.3 Å². The van der Waals surface area contributed by atoms with Crippen LogP contribution in [0.4, 0.5) is 5.69 Å². The molecule has 3 aromatic carbocycles. The molecule has 3 aromatic rings. The standard InChI is InChI=1S/C30H36ClNO3/c1-5-6-16-33-28-26-18-25(32-19-23-12-8-7-10-21(23)2)14-15-27(26)35-30(3,4)29(28)34-20-22-11-9-13-24(31)17-22/h7-15,17-18,28-29,32H,5-6,16,19-20H2,1-4H3. The molecule has 186 valence electrons. The topological polar surface area (TPSA) is 39.7 Å². The van der Waals surface area contributed by atoms with Crippen LogP contribution in [0.5, 0.6) is 5.75 Å². The van der Waals surface area contributed by atoms with Crippen LogP contribution in [0.2, 0.25) is 5.02 Å². The molecule has 2 atom stereocenters. The minimum atomic E-state index is -0.557. The number of unbranched alkanes of at least 4 members (excludes halogenated alkanes) is 1. The first kappa shape index (κ1) is 25.6. The van der Waals surface area contributed by atoms with Gasteiger partial charge in [-0.3, -0.25) is 0 Å². The summed E-state index contributed by atoms with van der Waals surface area (Å²) in [5, 5.41) is 4.28. The second kappa shape index (κ2) is 11.5. The van der Waals surface area contributed by atoms with Crippen LogP contribution in [0, 0.1) is 6.92 Å². The van der Waals surface area contributed by atoms with Gasteiger partial charge in [0.2, 0.25) is 0 Å². The maximum Gasteiger partial charge on any atom is 0.132 e. The van der Waals surface area contributed by atoms with Gasteiger partial charge in [0.25, 0.3) is 0 Å². The molecule has 0 fully saturated rings. The summed E-state index contributed by atoms with van der Waals surface area (Å²) in [6.45, 7) is 10.3. The zero-order valence-electron chi connectivity index (χ0n) is 21.1. The molecule has 1 aliphatic heterocycles. The Morgan fingerprint density at radius 1 is 1.00 bits per heavy atom. The quantitative estimate of drug-likeness (QED) is 0.291. The molecule has 2 unspecified atom stereocenters. The lowest BCUT2D eigenvalue weighted by Crippen LogP contribution is -2.51. The van der Waals surface area contributed by atoms with Crippen molar-refractivity contribution in [2.24, 2.45) is 0 Å². The molecule has 1 N–H and O–H groups in total. The van der Waals surface area contributed by atoms with E-state index in [1.165, 1.54) is 11.1 Å². The number of nitrogens with one attached hydrogen (secondary N) is 1. The molecule has 4 rings (SSSR count). The number of halogens is 1. The average molecular weight is 494 g/mol. The predicted octanol–water partition coefficient (Wildman–Crippen LogP) is 7.87. The van der Waals surface area contributed by atoms with Gasteiger partial charge in [-0.05, 0) is 74.2 Å². The van der Waals surface area contributed by atoms with Crippen molar-refractivity contribution in [3.63, 3.8) is 0 Å². The zero-order valence-corrected chi connectivity index (χ0v) is 21.9. The molecule has 5 heteroatoms. The van der Waals surface area contributed by atoms with Crippen molar-refractivity contribution in [1.82, 2.24) is 0 Å². The van der Waals surface area contributed by atoms with Crippen molar-refractivity contribution in [3.05, 3.63) is 94.0 Å². The monoisotopic (exact) mass is 493 g/mol. The van der Waals surface area contributed by atoms with Crippen LogP contribution in [0.25, 0.3) is 0 Å². The highest BCUT2D eigenvalue weighted by Crippen LogP contribution is 2.44. The SMILES string of the molecule is CCCCOC1c2cc(NCc3ccccc3C)ccc2OC(C)(C)C1OCc1cccc(Cl)c1. The number of benzene rings is 3. The minimum absolute atomic E-state index is 0.236. The Balaban J connectivity index is 1.58. The Kier molecular flexibility index (Phi) is 8.38. The first-order chi connectivity index (χ1) is 16.9. The van der Waals surface area contributed by atoms with Crippen molar-refractivity contribution >= 4 is 17.3 Å². The van der Waals surface area contributed by atoms with Gasteiger partial charge in [-0.2, -0.15) is 0 Å². The summed E-state index contributed by atoms with van der Waals surface area (Å²) in [4.78, 5) is 0. The molecule has 0 radical (unpaired) electrons.